The summed E-state index contributed by atoms with van der Waals surface area (Å²) in [4.78, 5) is 4.99. The molecule has 2 atom stereocenters. The summed E-state index contributed by atoms with van der Waals surface area (Å²) in [6.07, 6.45) is 1.10. The highest BCUT2D eigenvalue weighted by Gasteiger charge is 2.24. The second-order valence-corrected chi connectivity index (χ2v) is 7.45. The van der Waals surface area contributed by atoms with Crippen LogP contribution in [0, 0.1) is 5.92 Å². The zero-order chi connectivity index (χ0) is 15.5. The number of rotatable bonds is 3. The van der Waals surface area contributed by atoms with Gasteiger partial charge in [-0.3, -0.25) is 4.90 Å². The fourth-order valence-corrected chi connectivity index (χ4v) is 3.75. The van der Waals surface area contributed by atoms with E-state index in [0.717, 1.165) is 56.8 Å². The smallest absolute Gasteiger partial charge is 0.0642 e. The SMILES string of the molecule is CC1CN(Cc2ccc(Br)cc2N2CCOCC2)CCC1N. The van der Waals surface area contributed by atoms with Crippen LogP contribution in [0.2, 0.25) is 0 Å². The number of hydrogen-bond acceptors (Lipinski definition) is 4. The molecule has 0 saturated carbocycles. The molecule has 5 heteroatoms. The van der Waals surface area contributed by atoms with Gasteiger partial charge in [-0.05, 0) is 36.6 Å². The first-order valence-electron chi connectivity index (χ1n) is 8.22. The van der Waals surface area contributed by atoms with Crippen molar-refractivity contribution in [3.8, 4) is 0 Å². The molecule has 0 amide bonds. The van der Waals surface area contributed by atoms with Crippen molar-refractivity contribution in [1.82, 2.24) is 4.90 Å². The van der Waals surface area contributed by atoms with Gasteiger partial charge in [0, 0.05) is 42.4 Å². The van der Waals surface area contributed by atoms with E-state index >= 15 is 0 Å². The number of halogens is 1. The predicted octanol–water partition coefficient (Wildman–Crippen LogP) is 2.45. The standard InChI is InChI=1S/C17H26BrN3O/c1-13-11-20(5-4-16(13)19)12-14-2-3-15(18)10-17(14)21-6-8-22-9-7-21/h2-3,10,13,16H,4-9,11-12,19H2,1H3. The topological polar surface area (TPSA) is 41.7 Å². The maximum atomic E-state index is 6.15. The fourth-order valence-electron chi connectivity index (χ4n) is 3.40. The highest BCUT2D eigenvalue weighted by atomic mass is 79.9. The Labute approximate surface area is 141 Å². The van der Waals surface area contributed by atoms with Crippen LogP contribution < -0.4 is 10.6 Å². The molecule has 0 aliphatic carbocycles. The molecule has 22 heavy (non-hydrogen) atoms. The maximum absolute atomic E-state index is 6.15. The third kappa shape index (κ3) is 3.82. The summed E-state index contributed by atoms with van der Waals surface area (Å²) in [6.45, 7) is 9.07. The molecule has 2 saturated heterocycles. The lowest BCUT2D eigenvalue weighted by Crippen LogP contribution is -2.45. The quantitative estimate of drug-likeness (QED) is 0.890. The predicted molar refractivity (Wildman–Crippen MR) is 94.2 cm³/mol. The van der Waals surface area contributed by atoms with Crippen molar-refractivity contribution in [1.29, 1.82) is 0 Å². The van der Waals surface area contributed by atoms with Crippen LogP contribution in [0.4, 0.5) is 5.69 Å². The molecule has 1 aromatic carbocycles. The van der Waals surface area contributed by atoms with Gasteiger partial charge in [0.15, 0.2) is 0 Å². The van der Waals surface area contributed by atoms with Crippen LogP contribution in [0.1, 0.15) is 18.9 Å². The van der Waals surface area contributed by atoms with E-state index in [4.69, 9.17) is 10.5 Å². The molecular formula is C17H26BrN3O. The van der Waals surface area contributed by atoms with Gasteiger partial charge in [0.25, 0.3) is 0 Å². The molecule has 1 aromatic rings. The van der Waals surface area contributed by atoms with E-state index in [-0.39, 0.29) is 0 Å². The van der Waals surface area contributed by atoms with Crippen LogP contribution in [0.15, 0.2) is 22.7 Å². The van der Waals surface area contributed by atoms with E-state index in [0.29, 0.717) is 12.0 Å². The molecule has 2 heterocycles. The minimum Gasteiger partial charge on any atom is -0.378 e. The summed E-state index contributed by atoms with van der Waals surface area (Å²) in [5.41, 5.74) is 8.90. The number of anilines is 1. The van der Waals surface area contributed by atoms with Crippen LogP contribution in [-0.4, -0.2) is 50.3 Å². The average molecular weight is 368 g/mol. The second-order valence-electron chi connectivity index (χ2n) is 6.54. The number of morpholine rings is 1. The van der Waals surface area contributed by atoms with Crippen molar-refractivity contribution in [3.63, 3.8) is 0 Å². The lowest BCUT2D eigenvalue weighted by atomic mass is 9.94. The highest BCUT2D eigenvalue weighted by molar-refractivity contribution is 9.10. The Balaban J connectivity index is 1.75. The molecule has 2 fully saturated rings. The molecule has 0 aromatic heterocycles. The molecule has 2 unspecified atom stereocenters. The van der Waals surface area contributed by atoms with Crippen molar-refractivity contribution in [2.75, 3.05) is 44.3 Å². The summed E-state index contributed by atoms with van der Waals surface area (Å²) in [6, 6.07) is 7.02. The van der Waals surface area contributed by atoms with Crippen LogP contribution in [0.3, 0.4) is 0 Å². The van der Waals surface area contributed by atoms with E-state index in [1.54, 1.807) is 0 Å². The van der Waals surface area contributed by atoms with Crippen LogP contribution in [0.25, 0.3) is 0 Å². The Morgan fingerprint density at radius 2 is 2.05 bits per heavy atom. The Morgan fingerprint density at radius 3 is 2.77 bits per heavy atom. The Kier molecular flexibility index (Phi) is 5.39. The van der Waals surface area contributed by atoms with E-state index in [2.05, 4.69) is 50.9 Å². The number of nitrogens with zero attached hydrogens (tertiary/aromatic N) is 2. The lowest BCUT2D eigenvalue weighted by Gasteiger charge is -2.36. The highest BCUT2D eigenvalue weighted by Crippen LogP contribution is 2.28. The molecule has 122 valence electrons. The van der Waals surface area contributed by atoms with E-state index in [1.165, 1.54) is 11.3 Å². The number of nitrogens with two attached hydrogens (primary N) is 1. The molecule has 0 spiro atoms. The van der Waals surface area contributed by atoms with Crippen LogP contribution >= 0.6 is 15.9 Å². The van der Waals surface area contributed by atoms with Gasteiger partial charge in [0.05, 0.1) is 13.2 Å². The normalized spacial score (nSPS) is 27.1. The summed E-state index contributed by atoms with van der Waals surface area (Å²) in [7, 11) is 0. The minimum atomic E-state index is 0.361. The first-order valence-corrected chi connectivity index (χ1v) is 9.02. The van der Waals surface area contributed by atoms with Gasteiger partial charge in [-0.1, -0.05) is 28.9 Å². The summed E-state index contributed by atoms with van der Waals surface area (Å²) >= 11 is 3.62. The van der Waals surface area contributed by atoms with Gasteiger partial charge >= 0.3 is 0 Å². The van der Waals surface area contributed by atoms with Crippen molar-refractivity contribution < 1.29 is 4.74 Å². The van der Waals surface area contributed by atoms with Crippen LogP contribution in [0.5, 0.6) is 0 Å². The van der Waals surface area contributed by atoms with Gasteiger partial charge in [0.1, 0.15) is 0 Å². The van der Waals surface area contributed by atoms with Crippen molar-refractivity contribution in [2.24, 2.45) is 11.7 Å². The van der Waals surface area contributed by atoms with Crippen molar-refractivity contribution in [2.45, 2.75) is 25.9 Å². The number of ether oxygens (including phenoxy) is 1. The third-order valence-electron chi connectivity index (χ3n) is 4.85. The molecule has 2 aliphatic heterocycles. The van der Waals surface area contributed by atoms with Crippen LogP contribution in [-0.2, 0) is 11.3 Å². The molecule has 0 radical (unpaired) electrons. The Hall–Kier alpha value is -0.620. The van der Waals surface area contributed by atoms with Gasteiger partial charge < -0.3 is 15.4 Å². The minimum absolute atomic E-state index is 0.361. The fraction of sp³-hybridized carbons (Fsp3) is 0.647. The van der Waals surface area contributed by atoms with Gasteiger partial charge in [-0.25, -0.2) is 0 Å². The first-order chi connectivity index (χ1) is 10.6. The first kappa shape index (κ1) is 16.2. The Bertz CT molecular complexity index is 505. The molecule has 0 bridgehead atoms. The summed E-state index contributed by atoms with van der Waals surface area (Å²) in [5.74, 6) is 0.580. The van der Waals surface area contributed by atoms with Crippen molar-refractivity contribution in [3.05, 3.63) is 28.2 Å². The zero-order valence-electron chi connectivity index (χ0n) is 13.3. The lowest BCUT2D eigenvalue weighted by molar-refractivity contribution is 0.122. The van der Waals surface area contributed by atoms with Gasteiger partial charge in [-0.2, -0.15) is 0 Å². The number of benzene rings is 1. The van der Waals surface area contributed by atoms with E-state index < -0.39 is 0 Å². The van der Waals surface area contributed by atoms with Crippen molar-refractivity contribution >= 4 is 21.6 Å². The molecular weight excluding hydrogens is 342 g/mol. The number of hydrogen-bond donors (Lipinski definition) is 1. The number of piperidine rings is 1. The molecule has 3 rings (SSSR count). The van der Waals surface area contributed by atoms with Gasteiger partial charge in [-0.15, -0.1) is 0 Å². The molecule has 2 N–H and O–H groups in total. The summed E-state index contributed by atoms with van der Waals surface area (Å²) < 4.78 is 6.63. The second kappa shape index (κ2) is 7.30. The third-order valence-corrected chi connectivity index (χ3v) is 5.34. The zero-order valence-corrected chi connectivity index (χ0v) is 14.9. The number of likely N-dealkylation sites (tertiary alicyclic amines) is 1. The Morgan fingerprint density at radius 1 is 1.27 bits per heavy atom. The average Bonchev–Trinajstić information content (AvgIpc) is 2.53. The largest absolute Gasteiger partial charge is 0.378 e. The summed E-state index contributed by atoms with van der Waals surface area (Å²) in [5, 5.41) is 0. The molecule has 2 aliphatic rings. The molecule has 4 nitrogen and oxygen atoms in total. The van der Waals surface area contributed by atoms with E-state index in [1.807, 2.05) is 0 Å². The van der Waals surface area contributed by atoms with E-state index in [9.17, 15) is 0 Å². The monoisotopic (exact) mass is 367 g/mol. The maximum Gasteiger partial charge on any atom is 0.0642 e. The van der Waals surface area contributed by atoms with Gasteiger partial charge in [0.2, 0.25) is 0 Å².